The molecule has 0 atom stereocenters. The molecule has 0 radical (unpaired) electrons. The minimum absolute atomic E-state index is 0.805. The molecule has 1 aliphatic heterocycles. The summed E-state index contributed by atoms with van der Waals surface area (Å²) in [4.78, 5) is 1.61. The number of nitrogens with one attached hydrogen (secondary N) is 1. The van der Waals surface area contributed by atoms with Gasteiger partial charge in [-0.25, -0.2) is 0 Å². The Morgan fingerprint density at radius 1 is 1.00 bits per heavy atom. The fourth-order valence-electron chi connectivity index (χ4n) is 2.98. The number of aryl methyl sites for hydroxylation is 1. The van der Waals surface area contributed by atoms with Crippen LogP contribution < -0.4 is 4.90 Å². The van der Waals surface area contributed by atoms with Crippen molar-refractivity contribution in [1.82, 2.24) is 5.01 Å². The maximum Gasteiger partial charge on any atom is 0.103 e. The van der Waals surface area contributed by atoms with Crippen molar-refractivity contribution in [3.05, 3.63) is 70.2 Å². The predicted molar refractivity (Wildman–Crippen MR) is 101 cm³/mol. The molecule has 3 nitrogen and oxygen atoms in total. The Hall–Kier alpha value is -1.84. The van der Waals surface area contributed by atoms with Gasteiger partial charge in [-0.2, -0.15) is 5.10 Å². The lowest BCUT2D eigenvalue weighted by Gasteiger charge is -2.30. The Bertz CT molecular complexity index is 656. The van der Waals surface area contributed by atoms with Crippen LogP contribution in [0.5, 0.6) is 0 Å². The molecule has 0 aliphatic carbocycles. The summed E-state index contributed by atoms with van der Waals surface area (Å²) in [5.41, 5.74) is 3.89. The molecule has 1 heterocycles. The first-order valence-electron chi connectivity index (χ1n) is 8.69. The van der Waals surface area contributed by atoms with Crippen molar-refractivity contribution in [2.45, 2.75) is 19.9 Å². The van der Waals surface area contributed by atoms with E-state index in [-0.39, 0.29) is 0 Å². The summed E-state index contributed by atoms with van der Waals surface area (Å²) < 4.78 is 0. The van der Waals surface area contributed by atoms with E-state index in [1.54, 1.807) is 4.90 Å². The molecule has 3 rings (SSSR count). The molecule has 4 heteroatoms. The summed E-state index contributed by atoms with van der Waals surface area (Å²) in [7, 11) is 0. The number of quaternary nitrogens is 1. The van der Waals surface area contributed by atoms with Gasteiger partial charge >= 0.3 is 0 Å². The van der Waals surface area contributed by atoms with E-state index in [9.17, 15) is 0 Å². The molecule has 1 aliphatic rings. The van der Waals surface area contributed by atoms with Gasteiger partial charge in [0, 0.05) is 10.6 Å². The summed E-state index contributed by atoms with van der Waals surface area (Å²) in [6.45, 7) is 7.49. The Morgan fingerprint density at radius 2 is 1.62 bits per heavy atom. The van der Waals surface area contributed by atoms with Crippen LogP contribution in [0.3, 0.4) is 0 Å². The molecule has 24 heavy (non-hydrogen) atoms. The normalized spacial score (nSPS) is 16.0. The predicted octanol–water partition coefficient (Wildman–Crippen LogP) is 2.64. The molecule has 1 fully saturated rings. The second kappa shape index (κ2) is 8.32. The van der Waals surface area contributed by atoms with Gasteiger partial charge in [-0.3, -0.25) is 5.01 Å². The number of nitrogens with zero attached hydrogens (tertiary/aromatic N) is 2. The van der Waals surface area contributed by atoms with E-state index >= 15 is 0 Å². The van der Waals surface area contributed by atoms with E-state index < -0.39 is 0 Å². The second-order valence-corrected chi connectivity index (χ2v) is 6.78. The van der Waals surface area contributed by atoms with Gasteiger partial charge in [0.25, 0.3) is 0 Å². The molecule has 2 aromatic rings. The van der Waals surface area contributed by atoms with Gasteiger partial charge in [-0.15, -0.1) is 0 Å². The van der Waals surface area contributed by atoms with Gasteiger partial charge in [0.15, 0.2) is 0 Å². The van der Waals surface area contributed by atoms with Crippen LogP contribution in [0.25, 0.3) is 0 Å². The molecule has 1 N–H and O–H groups in total. The van der Waals surface area contributed by atoms with E-state index in [1.807, 2.05) is 18.3 Å². The number of halogens is 1. The maximum absolute atomic E-state index is 5.95. The van der Waals surface area contributed by atoms with Crippen molar-refractivity contribution in [3.63, 3.8) is 0 Å². The lowest BCUT2D eigenvalue weighted by atomic mass is 10.1. The number of piperazine rings is 1. The SMILES string of the molecule is CCc1ccc(/C=N\N2CC[NH+](Cc3ccc(Cl)cc3)CC2)cc1. The van der Waals surface area contributed by atoms with Gasteiger partial charge < -0.3 is 4.90 Å². The average molecular weight is 343 g/mol. The van der Waals surface area contributed by atoms with Crippen LogP contribution in [0.1, 0.15) is 23.6 Å². The number of hydrogen-bond donors (Lipinski definition) is 1. The standard InChI is InChI=1S/C20H24ClN3/c1-2-17-3-5-18(6-4-17)15-22-24-13-11-23(12-14-24)16-19-7-9-20(21)10-8-19/h3-10,15H,2,11-14,16H2,1H3/p+1/b22-15-. The van der Waals surface area contributed by atoms with Crippen LogP contribution in [-0.4, -0.2) is 37.4 Å². The molecule has 0 saturated carbocycles. The van der Waals surface area contributed by atoms with Crippen LogP contribution in [0.2, 0.25) is 5.02 Å². The van der Waals surface area contributed by atoms with Crippen molar-refractivity contribution in [3.8, 4) is 0 Å². The fraction of sp³-hybridized carbons (Fsp3) is 0.350. The third-order valence-corrected chi connectivity index (χ3v) is 4.82. The van der Waals surface area contributed by atoms with E-state index in [2.05, 4.69) is 53.4 Å². The molecule has 2 aromatic carbocycles. The second-order valence-electron chi connectivity index (χ2n) is 6.35. The van der Waals surface area contributed by atoms with Crippen molar-refractivity contribution < 1.29 is 4.90 Å². The topological polar surface area (TPSA) is 20.0 Å². The van der Waals surface area contributed by atoms with Crippen LogP contribution in [0.15, 0.2) is 53.6 Å². The first-order chi connectivity index (χ1) is 11.7. The third kappa shape index (κ3) is 4.83. The van der Waals surface area contributed by atoms with Gasteiger partial charge in [-0.05, 0) is 29.7 Å². The van der Waals surface area contributed by atoms with Gasteiger partial charge in [0.2, 0.25) is 0 Å². The molecule has 0 spiro atoms. The Balaban J connectivity index is 1.47. The average Bonchev–Trinajstić information content (AvgIpc) is 2.63. The Kier molecular flexibility index (Phi) is 5.89. The van der Waals surface area contributed by atoms with Gasteiger partial charge in [-0.1, -0.05) is 54.9 Å². The monoisotopic (exact) mass is 342 g/mol. The number of hydrazone groups is 1. The molecule has 0 bridgehead atoms. The summed E-state index contributed by atoms with van der Waals surface area (Å²) in [5, 5.41) is 7.62. The molecule has 0 unspecified atom stereocenters. The van der Waals surface area contributed by atoms with Crippen LogP contribution >= 0.6 is 11.6 Å². The highest BCUT2D eigenvalue weighted by atomic mass is 35.5. The molecule has 0 amide bonds. The number of benzene rings is 2. The third-order valence-electron chi connectivity index (χ3n) is 4.57. The minimum atomic E-state index is 0.805. The first kappa shape index (κ1) is 17.0. The quantitative estimate of drug-likeness (QED) is 0.828. The highest BCUT2D eigenvalue weighted by Gasteiger charge is 2.18. The van der Waals surface area contributed by atoms with Crippen LogP contribution in [-0.2, 0) is 13.0 Å². The summed E-state index contributed by atoms with van der Waals surface area (Å²) in [5.74, 6) is 0. The summed E-state index contributed by atoms with van der Waals surface area (Å²) in [6.07, 6.45) is 3.05. The zero-order chi connectivity index (χ0) is 16.8. The zero-order valence-electron chi connectivity index (χ0n) is 14.2. The maximum atomic E-state index is 5.95. The van der Waals surface area contributed by atoms with Crippen LogP contribution in [0, 0.1) is 0 Å². The molecule has 0 aromatic heterocycles. The molecular formula is C20H25ClN3+. The van der Waals surface area contributed by atoms with E-state index in [0.717, 1.165) is 44.2 Å². The molecule has 1 saturated heterocycles. The number of hydrogen-bond acceptors (Lipinski definition) is 2. The Labute approximate surface area is 149 Å². The van der Waals surface area contributed by atoms with Gasteiger partial charge in [0.05, 0.1) is 32.4 Å². The van der Waals surface area contributed by atoms with E-state index in [0.29, 0.717) is 0 Å². The summed E-state index contributed by atoms with van der Waals surface area (Å²) in [6, 6.07) is 16.8. The first-order valence-corrected chi connectivity index (χ1v) is 9.06. The van der Waals surface area contributed by atoms with Crippen molar-refractivity contribution in [2.24, 2.45) is 5.10 Å². The summed E-state index contributed by atoms with van der Waals surface area (Å²) >= 11 is 5.95. The smallest absolute Gasteiger partial charge is 0.103 e. The van der Waals surface area contributed by atoms with E-state index in [1.165, 1.54) is 16.7 Å². The largest absolute Gasteiger partial charge is 0.328 e. The molecule has 126 valence electrons. The minimum Gasteiger partial charge on any atom is -0.328 e. The van der Waals surface area contributed by atoms with Crippen molar-refractivity contribution >= 4 is 17.8 Å². The van der Waals surface area contributed by atoms with E-state index in [4.69, 9.17) is 11.6 Å². The Morgan fingerprint density at radius 3 is 2.25 bits per heavy atom. The number of rotatable bonds is 5. The van der Waals surface area contributed by atoms with Gasteiger partial charge in [0.1, 0.15) is 6.54 Å². The zero-order valence-corrected chi connectivity index (χ0v) is 15.0. The molecular weight excluding hydrogens is 318 g/mol. The lowest BCUT2D eigenvalue weighted by Crippen LogP contribution is -3.13. The highest BCUT2D eigenvalue weighted by molar-refractivity contribution is 6.30. The highest BCUT2D eigenvalue weighted by Crippen LogP contribution is 2.08. The van der Waals surface area contributed by atoms with Crippen molar-refractivity contribution in [1.29, 1.82) is 0 Å². The van der Waals surface area contributed by atoms with Crippen molar-refractivity contribution in [2.75, 3.05) is 26.2 Å². The fourth-order valence-corrected chi connectivity index (χ4v) is 3.11. The van der Waals surface area contributed by atoms with Crippen LogP contribution in [0.4, 0.5) is 0 Å². The lowest BCUT2D eigenvalue weighted by molar-refractivity contribution is -0.918.